The van der Waals surface area contributed by atoms with Gasteiger partial charge in [-0.3, -0.25) is 9.59 Å². The second-order valence-corrected chi connectivity index (χ2v) is 5.53. The smallest absolute Gasteiger partial charge is 0.303 e. The summed E-state index contributed by atoms with van der Waals surface area (Å²) in [4.78, 5) is 22.4. The third-order valence-electron chi connectivity index (χ3n) is 2.78. The number of aliphatic carboxylic acids is 1. The van der Waals surface area contributed by atoms with Gasteiger partial charge in [-0.15, -0.1) is 0 Å². The molecule has 0 saturated heterocycles. The average Bonchev–Trinajstić information content (AvgIpc) is 2.30. The molecule has 1 atom stereocenters. The predicted octanol–water partition coefficient (Wildman–Crippen LogP) is 3.45. The van der Waals surface area contributed by atoms with Crippen molar-refractivity contribution in [3.63, 3.8) is 0 Å². The van der Waals surface area contributed by atoms with E-state index in [0.717, 1.165) is 22.1 Å². The number of benzene rings is 1. The first-order chi connectivity index (χ1) is 8.92. The second-order valence-electron chi connectivity index (χ2n) is 4.61. The highest BCUT2D eigenvalue weighted by molar-refractivity contribution is 9.10. The molecule has 0 bridgehead atoms. The molecule has 1 aromatic rings. The Bertz CT molecular complexity index is 474. The van der Waals surface area contributed by atoms with Crippen molar-refractivity contribution in [3.05, 3.63) is 28.2 Å². The van der Waals surface area contributed by atoms with Crippen LogP contribution >= 0.6 is 15.9 Å². The van der Waals surface area contributed by atoms with Gasteiger partial charge in [0.2, 0.25) is 5.91 Å². The molecule has 0 heterocycles. The highest BCUT2D eigenvalue weighted by atomic mass is 79.9. The second kappa shape index (κ2) is 7.28. The Morgan fingerprint density at radius 1 is 1.37 bits per heavy atom. The molecule has 1 rings (SSSR count). The molecule has 4 nitrogen and oxygen atoms in total. The minimum absolute atomic E-state index is 0.00833. The Balaban J connectivity index is 2.64. The van der Waals surface area contributed by atoms with Crippen LogP contribution in [0.2, 0.25) is 0 Å². The van der Waals surface area contributed by atoms with E-state index in [4.69, 9.17) is 5.11 Å². The molecule has 0 fully saturated rings. The summed E-state index contributed by atoms with van der Waals surface area (Å²) in [5.41, 5.74) is 1.84. The summed E-state index contributed by atoms with van der Waals surface area (Å²) in [7, 11) is 0. The van der Waals surface area contributed by atoms with Gasteiger partial charge in [0.25, 0.3) is 0 Å². The first-order valence-electron chi connectivity index (χ1n) is 6.22. The number of nitrogens with one attached hydrogen (secondary N) is 1. The zero-order valence-electron chi connectivity index (χ0n) is 11.1. The lowest BCUT2D eigenvalue weighted by atomic mass is 10.0. The SMILES string of the molecule is CCc1cc(Br)ccc1NC(=O)CC(C)CC(=O)O. The first-order valence-corrected chi connectivity index (χ1v) is 7.01. The van der Waals surface area contributed by atoms with Crippen molar-refractivity contribution in [3.8, 4) is 0 Å². The van der Waals surface area contributed by atoms with Gasteiger partial charge in [0.15, 0.2) is 0 Å². The lowest BCUT2D eigenvalue weighted by Gasteiger charge is -2.12. The minimum atomic E-state index is -0.877. The molecule has 19 heavy (non-hydrogen) atoms. The van der Waals surface area contributed by atoms with Crippen molar-refractivity contribution in [2.75, 3.05) is 5.32 Å². The molecule has 0 aliphatic carbocycles. The molecule has 0 aliphatic rings. The number of hydrogen-bond acceptors (Lipinski definition) is 2. The monoisotopic (exact) mass is 327 g/mol. The van der Waals surface area contributed by atoms with E-state index in [2.05, 4.69) is 21.2 Å². The van der Waals surface area contributed by atoms with Gasteiger partial charge in [-0.25, -0.2) is 0 Å². The maximum Gasteiger partial charge on any atom is 0.303 e. The Hall–Kier alpha value is -1.36. The molecule has 0 spiro atoms. The molecule has 0 aromatic heterocycles. The van der Waals surface area contributed by atoms with Crippen LogP contribution in [0.1, 0.15) is 32.3 Å². The number of rotatable bonds is 6. The Morgan fingerprint density at radius 3 is 2.63 bits per heavy atom. The number of carbonyl (C=O) groups is 2. The van der Waals surface area contributed by atoms with Crippen LogP contribution in [0.4, 0.5) is 5.69 Å². The fourth-order valence-electron chi connectivity index (χ4n) is 1.86. The van der Waals surface area contributed by atoms with Crippen molar-refractivity contribution in [1.82, 2.24) is 0 Å². The maximum absolute atomic E-state index is 11.8. The molecule has 1 unspecified atom stereocenters. The number of carbonyl (C=O) groups excluding carboxylic acids is 1. The number of carboxylic acids is 1. The molecule has 104 valence electrons. The maximum atomic E-state index is 11.8. The Kier molecular flexibility index (Phi) is 6.02. The van der Waals surface area contributed by atoms with Gasteiger partial charge in [0.05, 0.1) is 0 Å². The largest absolute Gasteiger partial charge is 0.481 e. The Labute approximate surface area is 121 Å². The number of amides is 1. The van der Waals surface area contributed by atoms with E-state index in [1.54, 1.807) is 6.92 Å². The van der Waals surface area contributed by atoms with Crippen LogP contribution in [0, 0.1) is 5.92 Å². The van der Waals surface area contributed by atoms with E-state index in [1.165, 1.54) is 0 Å². The topological polar surface area (TPSA) is 66.4 Å². The number of hydrogen-bond donors (Lipinski definition) is 2. The van der Waals surface area contributed by atoms with Crippen molar-refractivity contribution in [2.45, 2.75) is 33.1 Å². The average molecular weight is 328 g/mol. The predicted molar refractivity (Wildman–Crippen MR) is 78.2 cm³/mol. The lowest BCUT2D eigenvalue weighted by Crippen LogP contribution is -2.17. The quantitative estimate of drug-likeness (QED) is 0.840. The lowest BCUT2D eigenvalue weighted by molar-refractivity contribution is -0.138. The van der Waals surface area contributed by atoms with Crippen LogP contribution in [0.3, 0.4) is 0 Å². The van der Waals surface area contributed by atoms with Gasteiger partial charge in [-0.2, -0.15) is 0 Å². The van der Waals surface area contributed by atoms with Crippen LogP contribution in [-0.4, -0.2) is 17.0 Å². The normalized spacial score (nSPS) is 11.9. The number of aryl methyl sites for hydroxylation is 1. The third kappa shape index (κ3) is 5.42. The van der Waals surface area contributed by atoms with Crippen LogP contribution in [-0.2, 0) is 16.0 Å². The highest BCUT2D eigenvalue weighted by Gasteiger charge is 2.13. The van der Waals surface area contributed by atoms with Crippen molar-refractivity contribution < 1.29 is 14.7 Å². The van der Waals surface area contributed by atoms with Crippen LogP contribution in [0.5, 0.6) is 0 Å². The molecule has 0 saturated carbocycles. The summed E-state index contributed by atoms with van der Waals surface area (Å²) < 4.78 is 0.974. The number of carboxylic acid groups (broad SMARTS) is 1. The molecule has 1 amide bonds. The summed E-state index contributed by atoms with van der Waals surface area (Å²) in [6, 6.07) is 5.69. The summed E-state index contributed by atoms with van der Waals surface area (Å²) in [5.74, 6) is -1.19. The van der Waals surface area contributed by atoms with Crippen LogP contribution < -0.4 is 5.32 Å². The molecule has 2 N–H and O–H groups in total. The van der Waals surface area contributed by atoms with E-state index in [9.17, 15) is 9.59 Å². The summed E-state index contributed by atoms with van der Waals surface area (Å²) >= 11 is 3.39. The zero-order valence-corrected chi connectivity index (χ0v) is 12.7. The van der Waals surface area contributed by atoms with Gasteiger partial charge in [-0.1, -0.05) is 29.8 Å². The van der Waals surface area contributed by atoms with E-state index in [0.29, 0.717) is 0 Å². The third-order valence-corrected chi connectivity index (χ3v) is 3.27. The Morgan fingerprint density at radius 2 is 2.05 bits per heavy atom. The van der Waals surface area contributed by atoms with Gasteiger partial charge >= 0.3 is 5.97 Å². The molecular formula is C14H18BrNO3. The summed E-state index contributed by atoms with van der Waals surface area (Å²) in [6.07, 6.45) is 1.04. The van der Waals surface area contributed by atoms with Gasteiger partial charge in [-0.05, 0) is 36.1 Å². The molecule has 0 aliphatic heterocycles. The van der Waals surface area contributed by atoms with E-state index >= 15 is 0 Å². The summed E-state index contributed by atoms with van der Waals surface area (Å²) in [5, 5.41) is 11.5. The summed E-state index contributed by atoms with van der Waals surface area (Å²) in [6.45, 7) is 3.78. The first kappa shape index (κ1) is 15.7. The van der Waals surface area contributed by atoms with Crippen molar-refractivity contribution in [2.24, 2.45) is 5.92 Å². The zero-order chi connectivity index (χ0) is 14.4. The standard InChI is InChI=1S/C14H18BrNO3/c1-3-10-8-11(15)4-5-12(10)16-13(17)6-9(2)7-14(18)19/h4-5,8-9H,3,6-7H2,1-2H3,(H,16,17)(H,18,19). The minimum Gasteiger partial charge on any atom is -0.481 e. The molecule has 5 heteroatoms. The molecular weight excluding hydrogens is 310 g/mol. The van der Waals surface area contributed by atoms with Gasteiger partial charge in [0, 0.05) is 23.0 Å². The fraction of sp³-hybridized carbons (Fsp3) is 0.429. The van der Waals surface area contributed by atoms with Crippen LogP contribution in [0.25, 0.3) is 0 Å². The van der Waals surface area contributed by atoms with E-state index in [1.807, 2.05) is 25.1 Å². The fourth-order valence-corrected chi connectivity index (χ4v) is 2.27. The van der Waals surface area contributed by atoms with Gasteiger partial charge < -0.3 is 10.4 Å². The number of anilines is 1. The van der Waals surface area contributed by atoms with Crippen molar-refractivity contribution in [1.29, 1.82) is 0 Å². The number of halogens is 1. The van der Waals surface area contributed by atoms with E-state index < -0.39 is 5.97 Å². The van der Waals surface area contributed by atoms with Crippen LogP contribution in [0.15, 0.2) is 22.7 Å². The molecule has 1 aromatic carbocycles. The highest BCUT2D eigenvalue weighted by Crippen LogP contribution is 2.22. The molecule has 0 radical (unpaired) electrons. The van der Waals surface area contributed by atoms with Crippen molar-refractivity contribution >= 4 is 33.5 Å². The van der Waals surface area contributed by atoms with Gasteiger partial charge in [0.1, 0.15) is 0 Å². The van der Waals surface area contributed by atoms with E-state index in [-0.39, 0.29) is 24.7 Å².